The molecule has 2 aliphatic rings. The van der Waals surface area contributed by atoms with Crippen molar-refractivity contribution in [2.45, 2.75) is 43.4 Å². The Morgan fingerprint density at radius 1 is 0.714 bits per heavy atom. The molecule has 5 nitrogen and oxygen atoms in total. The Morgan fingerprint density at radius 3 is 1.50 bits per heavy atom. The molecule has 2 saturated carbocycles. The summed E-state index contributed by atoms with van der Waals surface area (Å²) in [5.74, 6) is 2.86. The summed E-state index contributed by atoms with van der Waals surface area (Å²) in [5, 5.41) is 0. The van der Waals surface area contributed by atoms with Crippen LogP contribution in [0.3, 0.4) is 0 Å². The van der Waals surface area contributed by atoms with Crippen LogP contribution in [0.5, 0.6) is 0 Å². The Bertz CT molecular complexity index is 572. The molecule has 1 aromatic carbocycles. The molecule has 1 unspecified atom stereocenters. The van der Waals surface area contributed by atoms with Crippen molar-refractivity contribution in [2.24, 2.45) is 17.8 Å². The molecule has 0 radical (unpaired) electrons. The van der Waals surface area contributed by atoms with Gasteiger partial charge in [0.2, 0.25) is 0 Å². The first-order valence-electron chi connectivity index (χ1n) is 8.15. The fraction of sp³-hybridized carbons (Fsp3) is 0.429. The maximum atomic E-state index is 7.50. The van der Waals surface area contributed by atoms with Gasteiger partial charge in [-0.3, -0.25) is 0 Å². The zero-order valence-corrected chi connectivity index (χ0v) is 17.3. The molecule has 146 valence electrons. The fourth-order valence-electron chi connectivity index (χ4n) is 3.37. The molecular weight excluding hydrogens is 416 g/mol. The second-order valence-corrected chi connectivity index (χ2v) is 7.81. The summed E-state index contributed by atoms with van der Waals surface area (Å²) in [7, 11) is 0. The van der Waals surface area contributed by atoms with Gasteiger partial charge in [-0.25, -0.2) is 0 Å². The van der Waals surface area contributed by atoms with E-state index in [0.717, 1.165) is 17.8 Å². The second-order valence-electron chi connectivity index (χ2n) is 5.58. The number of thioether (sulfide) groups is 1. The van der Waals surface area contributed by atoms with Crippen molar-refractivity contribution >= 4 is 15.5 Å². The van der Waals surface area contributed by atoms with Gasteiger partial charge in [-0.15, -0.1) is 0 Å². The van der Waals surface area contributed by atoms with Crippen molar-refractivity contribution < 1.29 is 39.1 Å². The van der Waals surface area contributed by atoms with E-state index >= 15 is 0 Å². The van der Waals surface area contributed by atoms with E-state index in [0.29, 0.717) is 0 Å². The van der Waals surface area contributed by atoms with Crippen LogP contribution in [0.2, 0.25) is 0 Å². The average Bonchev–Trinajstić information content (AvgIpc) is 3.47. The van der Waals surface area contributed by atoms with E-state index < -0.39 is 0 Å². The molecule has 3 rings (SSSR count). The van der Waals surface area contributed by atoms with Crippen molar-refractivity contribution in [1.29, 1.82) is 0 Å². The van der Waals surface area contributed by atoms with Crippen LogP contribution in [0.1, 0.15) is 38.5 Å². The quantitative estimate of drug-likeness (QED) is 0.389. The standard InChI is InChI=1S/C16H20S.5CO.Cr/c1-2-7-11-15-14(10-6-1)16(15)12-17-13-8-4-3-5-9-13;5*1-2;/h3-5,8-9,14-16H,1-2,6-7,10-11H2;;;;;;/t14-,15+,16?;;;;;;. The monoisotopic (exact) mass is 436 g/mol. The predicted molar refractivity (Wildman–Crippen MR) is 95.1 cm³/mol. The Kier molecular flexibility index (Phi) is 26.6. The van der Waals surface area contributed by atoms with Gasteiger partial charge >= 0.3 is 179 Å². The molecule has 0 amide bonds. The average molecular weight is 436 g/mol. The zero-order chi connectivity index (χ0) is 22.4. The van der Waals surface area contributed by atoms with Crippen molar-refractivity contribution in [1.82, 2.24) is 0 Å². The van der Waals surface area contributed by atoms with Crippen molar-refractivity contribution in [3.05, 3.63) is 63.6 Å². The van der Waals surface area contributed by atoms with E-state index in [1.54, 1.807) is 0 Å². The minimum atomic E-state index is 0.869. The van der Waals surface area contributed by atoms with E-state index in [9.17, 15) is 0 Å². The normalized spacial score (nSPS) is 20.3. The van der Waals surface area contributed by atoms with Crippen LogP contribution in [-0.4, -0.2) is 3.71 Å². The summed E-state index contributed by atoms with van der Waals surface area (Å²) in [5.41, 5.74) is 0. The number of hydrogen-bond acceptors (Lipinski definition) is 1. The fourth-order valence-corrected chi connectivity index (χ4v) is 5.38. The summed E-state index contributed by atoms with van der Waals surface area (Å²) < 4.78 is 39.0. The molecule has 0 aliphatic heterocycles. The van der Waals surface area contributed by atoms with Gasteiger partial charge in [-0.05, 0) is 0 Å². The predicted octanol–water partition coefficient (Wildman–Crippen LogP) is 4.48. The summed E-state index contributed by atoms with van der Waals surface area (Å²) in [6, 6.07) is 10.8. The molecular formula is C21H20CrO5S. The molecule has 1 aromatic rings. The van der Waals surface area contributed by atoms with E-state index in [1.165, 1.54) is 47.1 Å². The van der Waals surface area contributed by atoms with Gasteiger partial charge < -0.3 is 0 Å². The van der Waals surface area contributed by atoms with Crippen molar-refractivity contribution in [3.8, 4) is 0 Å². The Hall–Kier alpha value is -1.33. The van der Waals surface area contributed by atoms with Gasteiger partial charge in [0.15, 0.2) is 0 Å². The molecule has 0 heterocycles. The number of rotatable bonds is 3. The van der Waals surface area contributed by atoms with Crippen LogP contribution in [0, 0.1) is 51.0 Å². The van der Waals surface area contributed by atoms with Gasteiger partial charge in [0.05, 0.1) is 0 Å². The third-order valence-corrected chi connectivity index (χ3v) is 6.19. The van der Waals surface area contributed by atoms with Crippen LogP contribution in [-0.2, 0) is 39.1 Å². The van der Waals surface area contributed by atoms with Gasteiger partial charge in [-0.2, -0.15) is 0 Å². The van der Waals surface area contributed by atoms with Crippen LogP contribution in [0.15, 0.2) is 35.2 Å². The molecule has 0 aromatic heterocycles. The van der Waals surface area contributed by atoms with Crippen LogP contribution in [0.25, 0.3) is 0 Å². The first-order chi connectivity index (χ1) is 13.9. The molecule has 2 aliphatic carbocycles. The third-order valence-electron chi connectivity index (χ3n) is 4.39. The number of fused-ring (bicyclic) bond motifs is 1. The van der Waals surface area contributed by atoms with Crippen LogP contribution < -0.4 is 0 Å². The van der Waals surface area contributed by atoms with E-state index in [1.807, 2.05) is 11.8 Å². The minimum absolute atomic E-state index is 0.869. The number of hydrogen-bond donors (Lipinski definition) is 0. The van der Waals surface area contributed by atoms with Crippen molar-refractivity contribution in [2.75, 3.05) is 0 Å². The molecule has 28 heavy (non-hydrogen) atoms. The summed E-state index contributed by atoms with van der Waals surface area (Å²) in [6.45, 7) is 22.5. The van der Waals surface area contributed by atoms with E-state index in [2.05, 4.69) is 79.4 Å². The molecule has 3 atom stereocenters. The van der Waals surface area contributed by atoms with Gasteiger partial charge in [0.25, 0.3) is 0 Å². The molecule has 7 heteroatoms. The maximum absolute atomic E-state index is 7.50. The first kappa shape index (κ1) is 31.4. The topological polar surface area (TPSA) is 99.5 Å². The molecule has 0 bridgehead atoms. The van der Waals surface area contributed by atoms with Gasteiger partial charge in [-0.1, -0.05) is 0 Å². The first-order valence-corrected chi connectivity index (χ1v) is 9.60. The van der Waals surface area contributed by atoms with E-state index in [4.69, 9.17) is 23.3 Å². The van der Waals surface area contributed by atoms with Crippen molar-refractivity contribution in [3.63, 3.8) is 0 Å². The third kappa shape index (κ3) is 12.2. The SMILES string of the molecule is [C-]#[O+].[C-]#[O+].[C-]#[O+].[C-]#[O+].[C-]#[O+].[Cr]=[C](Sc1ccccc1)C1[C@H]2CCCCCC[C@@H]12. The molecule has 0 spiro atoms. The van der Waals surface area contributed by atoms with Crippen LogP contribution >= 0.6 is 11.8 Å². The summed E-state index contributed by atoms with van der Waals surface area (Å²) >= 11 is 5.32. The zero-order valence-electron chi connectivity index (χ0n) is 15.2. The van der Waals surface area contributed by atoms with E-state index in [-0.39, 0.29) is 0 Å². The second kappa shape index (κ2) is 23.7. The van der Waals surface area contributed by atoms with Gasteiger partial charge in [0, 0.05) is 0 Å². The number of benzene rings is 1. The Labute approximate surface area is 179 Å². The molecule has 2 fully saturated rings. The molecule has 0 N–H and O–H groups in total. The Morgan fingerprint density at radius 2 is 1.11 bits per heavy atom. The van der Waals surface area contributed by atoms with Crippen LogP contribution in [0.4, 0.5) is 0 Å². The summed E-state index contributed by atoms with van der Waals surface area (Å²) in [6.07, 6.45) is 8.78. The van der Waals surface area contributed by atoms with Gasteiger partial charge in [0.1, 0.15) is 0 Å². The Balaban J connectivity index is -0.000000548. The molecule has 0 saturated heterocycles. The summed E-state index contributed by atoms with van der Waals surface area (Å²) in [4.78, 5) is 1.38.